The molecule has 0 unspecified atom stereocenters. The van der Waals surface area contributed by atoms with Gasteiger partial charge in [0.1, 0.15) is 5.60 Å². The number of nitrogens with zero attached hydrogens (tertiary/aromatic N) is 1. The molecule has 0 radical (unpaired) electrons. The second-order valence-electron chi connectivity index (χ2n) is 5.99. The lowest BCUT2D eigenvalue weighted by Gasteiger charge is -2.26. The van der Waals surface area contributed by atoms with E-state index < -0.39 is 35.4 Å². The molecule has 1 aromatic carbocycles. The highest BCUT2D eigenvalue weighted by Gasteiger charge is 2.48. The Bertz CT molecular complexity index is 653. The van der Waals surface area contributed by atoms with Gasteiger partial charge in [-0.3, -0.25) is 9.59 Å². The summed E-state index contributed by atoms with van der Waals surface area (Å²) in [5, 5.41) is 0. The number of ether oxygens (including phenoxy) is 2. The number of carbonyl (C=O) groups excluding carboxylic acids is 4. The Hall–Kier alpha value is -2.70. The smallest absolute Gasteiger partial charge is 0.341 e. The maximum atomic E-state index is 12.4. The second-order valence-corrected chi connectivity index (χ2v) is 5.99. The zero-order valence-corrected chi connectivity index (χ0v) is 13.3. The van der Waals surface area contributed by atoms with Crippen LogP contribution in [0.4, 0.5) is 0 Å². The molecule has 2 amide bonds. The molecule has 23 heavy (non-hydrogen) atoms. The van der Waals surface area contributed by atoms with E-state index in [4.69, 9.17) is 4.74 Å². The molecule has 0 spiro atoms. The number of esters is 2. The van der Waals surface area contributed by atoms with Crippen LogP contribution < -0.4 is 0 Å². The van der Waals surface area contributed by atoms with Gasteiger partial charge in [0.2, 0.25) is 6.04 Å². The Morgan fingerprint density at radius 3 is 1.87 bits per heavy atom. The first-order valence-corrected chi connectivity index (χ1v) is 6.95. The molecule has 0 saturated carbocycles. The fourth-order valence-corrected chi connectivity index (χ4v) is 2.22. The predicted molar refractivity (Wildman–Crippen MR) is 78.6 cm³/mol. The molecule has 7 nitrogen and oxygen atoms in total. The summed E-state index contributed by atoms with van der Waals surface area (Å²) in [6, 6.07) is 4.33. The summed E-state index contributed by atoms with van der Waals surface area (Å²) in [4.78, 5) is 49.8. The van der Waals surface area contributed by atoms with Gasteiger partial charge in [-0.25, -0.2) is 14.5 Å². The lowest BCUT2D eigenvalue weighted by atomic mass is 10.1. The van der Waals surface area contributed by atoms with E-state index in [2.05, 4.69) is 4.74 Å². The quantitative estimate of drug-likeness (QED) is 0.472. The standard InChI is InChI=1S/C16H17NO6/c1-16(2,3)23-15(21)11(14(20)22-4)17-12(18)9-7-5-6-8-10(9)13(17)19/h5-8,11H,1-4H3/t11-/m1/s1. The van der Waals surface area contributed by atoms with Gasteiger partial charge >= 0.3 is 11.9 Å². The number of benzene rings is 1. The summed E-state index contributed by atoms with van der Waals surface area (Å²) in [6.45, 7) is 4.84. The number of amides is 2. The Labute approximate surface area is 133 Å². The largest absolute Gasteiger partial charge is 0.467 e. The van der Waals surface area contributed by atoms with E-state index in [-0.39, 0.29) is 11.1 Å². The number of rotatable bonds is 3. The molecular formula is C16H17NO6. The van der Waals surface area contributed by atoms with Crippen LogP contribution in [-0.2, 0) is 19.1 Å². The summed E-state index contributed by atoms with van der Waals surface area (Å²) < 4.78 is 9.71. The number of imide groups is 1. The van der Waals surface area contributed by atoms with Crippen LogP contribution in [0, 0.1) is 0 Å². The van der Waals surface area contributed by atoms with E-state index in [0.717, 1.165) is 7.11 Å². The molecule has 7 heteroatoms. The molecule has 1 aliphatic rings. The monoisotopic (exact) mass is 319 g/mol. The molecule has 1 aliphatic heterocycles. The highest BCUT2D eigenvalue weighted by atomic mass is 16.6. The van der Waals surface area contributed by atoms with Gasteiger partial charge in [-0.2, -0.15) is 0 Å². The first kappa shape index (κ1) is 16.7. The third-order valence-electron chi connectivity index (χ3n) is 3.14. The van der Waals surface area contributed by atoms with Crippen LogP contribution in [0.3, 0.4) is 0 Å². The fraction of sp³-hybridized carbons (Fsp3) is 0.375. The van der Waals surface area contributed by atoms with Crippen molar-refractivity contribution in [3.63, 3.8) is 0 Å². The summed E-state index contributed by atoms with van der Waals surface area (Å²) in [6.07, 6.45) is 0. The van der Waals surface area contributed by atoms with Crippen LogP contribution in [-0.4, -0.2) is 47.4 Å². The summed E-state index contributed by atoms with van der Waals surface area (Å²) in [5.74, 6) is -3.51. The summed E-state index contributed by atoms with van der Waals surface area (Å²) >= 11 is 0. The van der Waals surface area contributed by atoms with Crippen LogP contribution in [0.25, 0.3) is 0 Å². The molecule has 1 atom stereocenters. The van der Waals surface area contributed by atoms with E-state index >= 15 is 0 Å². The topological polar surface area (TPSA) is 90.0 Å². The molecule has 0 saturated heterocycles. The molecule has 0 aromatic heterocycles. The van der Waals surface area contributed by atoms with Crippen molar-refractivity contribution < 1.29 is 28.7 Å². The molecule has 0 aliphatic carbocycles. The number of hydrogen-bond acceptors (Lipinski definition) is 6. The summed E-state index contributed by atoms with van der Waals surface area (Å²) in [5.41, 5.74) is -0.618. The fourth-order valence-electron chi connectivity index (χ4n) is 2.22. The predicted octanol–water partition coefficient (Wildman–Crippen LogP) is 1.17. The van der Waals surface area contributed by atoms with Gasteiger partial charge in [0.25, 0.3) is 11.8 Å². The van der Waals surface area contributed by atoms with Crippen molar-refractivity contribution >= 4 is 23.8 Å². The zero-order valence-electron chi connectivity index (χ0n) is 13.3. The van der Waals surface area contributed by atoms with Gasteiger partial charge in [0, 0.05) is 0 Å². The molecule has 1 heterocycles. The maximum Gasteiger partial charge on any atom is 0.341 e. The van der Waals surface area contributed by atoms with Gasteiger partial charge in [-0.1, -0.05) is 12.1 Å². The first-order chi connectivity index (χ1) is 10.7. The van der Waals surface area contributed by atoms with Gasteiger partial charge in [0.05, 0.1) is 18.2 Å². The Morgan fingerprint density at radius 2 is 1.48 bits per heavy atom. The van der Waals surface area contributed by atoms with Crippen LogP contribution in [0.15, 0.2) is 24.3 Å². The van der Waals surface area contributed by atoms with Gasteiger partial charge in [-0.15, -0.1) is 0 Å². The minimum Gasteiger partial charge on any atom is -0.467 e. The summed E-state index contributed by atoms with van der Waals surface area (Å²) in [7, 11) is 1.07. The number of methoxy groups -OCH3 is 1. The molecule has 122 valence electrons. The van der Waals surface area contributed by atoms with Crippen molar-refractivity contribution in [1.82, 2.24) is 4.90 Å². The SMILES string of the molecule is COC(=O)[C@H](C(=O)OC(C)(C)C)N1C(=O)c2ccccc2C1=O. The highest BCUT2D eigenvalue weighted by molar-refractivity contribution is 6.25. The third kappa shape index (κ3) is 3.08. The van der Waals surface area contributed by atoms with Crippen molar-refractivity contribution in [3.8, 4) is 0 Å². The van der Waals surface area contributed by atoms with Crippen LogP contribution in [0.1, 0.15) is 41.5 Å². The van der Waals surface area contributed by atoms with Gasteiger partial charge in [-0.05, 0) is 32.9 Å². The van der Waals surface area contributed by atoms with Crippen LogP contribution in [0.5, 0.6) is 0 Å². The first-order valence-electron chi connectivity index (χ1n) is 6.95. The molecule has 2 rings (SSSR count). The van der Waals surface area contributed by atoms with E-state index in [1.807, 2.05) is 0 Å². The Morgan fingerprint density at radius 1 is 1.00 bits per heavy atom. The Kier molecular flexibility index (Phi) is 4.22. The van der Waals surface area contributed by atoms with Crippen molar-refractivity contribution in [2.45, 2.75) is 32.4 Å². The molecule has 0 bridgehead atoms. The third-order valence-corrected chi connectivity index (χ3v) is 3.14. The molecule has 1 aromatic rings. The van der Waals surface area contributed by atoms with Gasteiger partial charge in [0.15, 0.2) is 0 Å². The number of hydrogen-bond donors (Lipinski definition) is 0. The molecular weight excluding hydrogens is 302 g/mol. The number of fused-ring (bicyclic) bond motifs is 1. The van der Waals surface area contributed by atoms with E-state index in [0.29, 0.717) is 4.90 Å². The number of carbonyl (C=O) groups is 4. The van der Waals surface area contributed by atoms with Crippen LogP contribution >= 0.6 is 0 Å². The van der Waals surface area contributed by atoms with Crippen molar-refractivity contribution in [1.29, 1.82) is 0 Å². The van der Waals surface area contributed by atoms with Crippen molar-refractivity contribution in [2.75, 3.05) is 7.11 Å². The second kappa shape index (κ2) is 5.83. The maximum absolute atomic E-state index is 12.4. The minimum atomic E-state index is -1.77. The van der Waals surface area contributed by atoms with Gasteiger partial charge < -0.3 is 9.47 Å². The van der Waals surface area contributed by atoms with Crippen molar-refractivity contribution in [2.24, 2.45) is 0 Å². The highest BCUT2D eigenvalue weighted by Crippen LogP contribution is 2.26. The average molecular weight is 319 g/mol. The Balaban J connectivity index is 2.42. The van der Waals surface area contributed by atoms with E-state index in [9.17, 15) is 19.2 Å². The lowest BCUT2D eigenvalue weighted by molar-refractivity contribution is -0.167. The lowest BCUT2D eigenvalue weighted by Crippen LogP contribution is -2.52. The molecule has 0 fully saturated rings. The minimum absolute atomic E-state index is 0.134. The molecule has 0 N–H and O–H groups in total. The van der Waals surface area contributed by atoms with Crippen LogP contribution in [0.2, 0.25) is 0 Å². The normalized spacial score (nSPS) is 15.2. The average Bonchev–Trinajstić information content (AvgIpc) is 2.71. The van der Waals surface area contributed by atoms with E-state index in [1.165, 1.54) is 12.1 Å². The van der Waals surface area contributed by atoms with Crippen molar-refractivity contribution in [3.05, 3.63) is 35.4 Å². The van der Waals surface area contributed by atoms with E-state index in [1.54, 1.807) is 32.9 Å². The zero-order chi connectivity index (χ0) is 17.4.